The number of hydrogen-bond donors (Lipinski definition) is 0. The highest BCUT2D eigenvalue weighted by Gasteiger charge is 2.23. The minimum absolute atomic E-state index is 0.275. The van der Waals surface area contributed by atoms with Crippen LogP contribution in [0, 0.1) is 17.1 Å². The van der Waals surface area contributed by atoms with Crippen molar-refractivity contribution in [3.05, 3.63) is 114 Å². The summed E-state index contributed by atoms with van der Waals surface area (Å²) in [4.78, 5) is 4.31. The van der Waals surface area contributed by atoms with E-state index in [1.165, 1.54) is 12.1 Å². The third-order valence-corrected chi connectivity index (χ3v) is 5.47. The standard InChI is InChI=1S/C29H34FN3/c1-7-9-19-32(18-8-2)24(6)29(22(3)4)33(21-25-14-16-27(30)17-15-25)23(5)28-13-11-10-12-26(28)20-31/h8,10-17H,2,5-7,9,18-19,21H2,1,3-4H3. The second kappa shape index (κ2) is 12.5. The van der Waals surface area contributed by atoms with Crippen molar-refractivity contribution in [3.8, 4) is 6.07 Å². The van der Waals surface area contributed by atoms with Crippen LogP contribution in [0.3, 0.4) is 0 Å². The fraction of sp³-hybridized carbons (Fsp3) is 0.276. The molecular formula is C29H34FN3. The van der Waals surface area contributed by atoms with Crippen molar-refractivity contribution < 1.29 is 4.39 Å². The van der Waals surface area contributed by atoms with Crippen LogP contribution in [0.15, 0.2) is 91.3 Å². The SMILES string of the molecule is C=CCN(CCCC)C(=C)C(=C(C)C)N(Cc1ccc(F)cc1)C(=C)c1ccccc1C#N. The zero-order valence-electron chi connectivity index (χ0n) is 20.1. The zero-order valence-corrected chi connectivity index (χ0v) is 20.1. The lowest BCUT2D eigenvalue weighted by Gasteiger charge is -2.36. The van der Waals surface area contributed by atoms with Crippen molar-refractivity contribution in [2.24, 2.45) is 0 Å². The lowest BCUT2D eigenvalue weighted by Crippen LogP contribution is -2.32. The molecule has 0 fully saturated rings. The average molecular weight is 444 g/mol. The van der Waals surface area contributed by atoms with E-state index in [0.29, 0.717) is 24.4 Å². The molecule has 33 heavy (non-hydrogen) atoms. The largest absolute Gasteiger partial charge is 0.367 e. The molecule has 0 heterocycles. The van der Waals surface area contributed by atoms with Crippen molar-refractivity contribution >= 4 is 5.70 Å². The highest BCUT2D eigenvalue weighted by Crippen LogP contribution is 2.32. The van der Waals surface area contributed by atoms with Gasteiger partial charge in [-0.05, 0) is 44.0 Å². The third-order valence-electron chi connectivity index (χ3n) is 5.47. The van der Waals surface area contributed by atoms with E-state index in [0.717, 1.165) is 47.5 Å². The highest BCUT2D eigenvalue weighted by molar-refractivity contribution is 5.70. The van der Waals surface area contributed by atoms with Crippen LogP contribution in [-0.4, -0.2) is 22.9 Å². The van der Waals surface area contributed by atoms with Crippen LogP contribution < -0.4 is 0 Å². The molecule has 0 aliphatic rings. The van der Waals surface area contributed by atoms with Gasteiger partial charge in [-0.2, -0.15) is 5.26 Å². The van der Waals surface area contributed by atoms with Gasteiger partial charge < -0.3 is 9.80 Å². The maximum Gasteiger partial charge on any atom is 0.123 e. The molecule has 172 valence electrons. The molecule has 0 radical (unpaired) electrons. The Labute approximate surface area is 198 Å². The second-order valence-electron chi connectivity index (χ2n) is 8.20. The highest BCUT2D eigenvalue weighted by atomic mass is 19.1. The van der Waals surface area contributed by atoms with Crippen LogP contribution in [0.5, 0.6) is 0 Å². The molecule has 0 aromatic heterocycles. The van der Waals surface area contributed by atoms with E-state index in [1.807, 2.05) is 38.1 Å². The molecule has 0 bridgehead atoms. The number of benzene rings is 2. The third kappa shape index (κ3) is 6.70. The summed E-state index contributed by atoms with van der Waals surface area (Å²) in [6.45, 7) is 21.0. The quantitative estimate of drug-likeness (QED) is 0.255. The van der Waals surface area contributed by atoms with E-state index >= 15 is 0 Å². The number of allylic oxidation sites excluding steroid dienone is 1. The lowest BCUT2D eigenvalue weighted by atomic mass is 10.0. The van der Waals surface area contributed by atoms with Gasteiger partial charge in [0.25, 0.3) is 0 Å². The molecule has 2 aromatic rings. The van der Waals surface area contributed by atoms with E-state index in [-0.39, 0.29) is 5.82 Å². The van der Waals surface area contributed by atoms with Crippen LogP contribution in [0.4, 0.5) is 4.39 Å². The molecule has 0 atom stereocenters. The molecule has 4 heteroatoms. The number of nitriles is 1. The predicted octanol–water partition coefficient (Wildman–Crippen LogP) is 7.27. The molecule has 0 N–H and O–H groups in total. The summed E-state index contributed by atoms with van der Waals surface area (Å²) in [6, 6.07) is 16.2. The van der Waals surface area contributed by atoms with E-state index in [4.69, 9.17) is 0 Å². The number of hydrogen-bond acceptors (Lipinski definition) is 3. The number of nitrogens with zero attached hydrogens (tertiary/aromatic N) is 3. The van der Waals surface area contributed by atoms with Crippen LogP contribution in [0.25, 0.3) is 5.70 Å². The molecular weight excluding hydrogens is 409 g/mol. The van der Waals surface area contributed by atoms with E-state index < -0.39 is 0 Å². The van der Waals surface area contributed by atoms with Crippen LogP contribution >= 0.6 is 0 Å². The fourth-order valence-corrected chi connectivity index (χ4v) is 3.76. The Hall–Kier alpha value is -3.58. The van der Waals surface area contributed by atoms with Crippen LogP contribution in [-0.2, 0) is 6.54 Å². The first-order valence-electron chi connectivity index (χ1n) is 11.3. The summed E-state index contributed by atoms with van der Waals surface area (Å²) in [5, 5.41) is 9.68. The molecule has 0 amide bonds. The molecule has 3 nitrogen and oxygen atoms in total. The van der Waals surface area contributed by atoms with Crippen molar-refractivity contribution in [2.45, 2.75) is 40.2 Å². The first kappa shape index (κ1) is 25.7. The molecule has 0 aliphatic carbocycles. The van der Waals surface area contributed by atoms with Gasteiger partial charge in [0, 0.05) is 30.9 Å². The van der Waals surface area contributed by atoms with E-state index in [9.17, 15) is 9.65 Å². The van der Waals surface area contributed by atoms with Crippen molar-refractivity contribution in [1.29, 1.82) is 5.26 Å². The minimum atomic E-state index is -0.275. The predicted molar refractivity (Wildman–Crippen MR) is 136 cm³/mol. The van der Waals surface area contributed by atoms with Gasteiger partial charge in [-0.15, -0.1) is 6.58 Å². The Morgan fingerprint density at radius 1 is 1.09 bits per heavy atom. The Morgan fingerprint density at radius 2 is 1.76 bits per heavy atom. The summed E-state index contributed by atoms with van der Waals surface area (Å²) >= 11 is 0. The first-order valence-corrected chi connectivity index (χ1v) is 11.3. The van der Waals surface area contributed by atoms with Gasteiger partial charge in [-0.3, -0.25) is 0 Å². The normalized spacial score (nSPS) is 10.2. The average Bonchev–Trinajstić information content (AvgIpc) is 2.81. The molecule has 0 spiro atoms. The minimum Gasteiger partial charge on any atom is -0.367 e. The Balaban J connectivity index is 2.59. The van der Waals surface area contributed by atoms with Crippen LogP contribution in [0.1, 0.15) is 50.3 Å². The molecule has 2 rings (SSSR count). The number of unbranched alkanes of at least 4 members (excludes halogenated alkanes) is 1. The van der Waals surface area contributed by atoms with Crippen molar-refractivity contribution in [2.75, 3.05) is 13.1 Å². The van der Waals surface area contributed by atoms with Gasteiger partial charge in [0.1, 0.15) is 5.82 Å². The molecule has 2 aromatic carbocycles. The van der Waals surface area contributed by atoms with Gasteiger partial charge in [-0.1, -0.05) is 68.5 Å². The maximum atomic E-state index is 13.6. The lowest BCUT2D eigenvalue weighted by molar-refractivity contribution is 0.350. The Morgan fingerprint density at radius 3 is 2.33 bits per heavy atom. The van der Waals surface area contributed by atoms with Gasteiger partial charge in [0.2, 0.25) is 0 Å². The van der Waals surface area contributed by atoms with E-state index in [2.05, 4.69) is 42.5 Å². The zero-order chi connectivity index (χ0) is 24.4. The monoisotopic (exact) mass is 443 g/mol. The summed E-state index contributed by atoms with van der Waals surface area (Å²) < 4.78 is 13.6. The van der Waals surface area contributed by atoms with E-state index in [1.54, 1.807) is 18.2 Å². The van der Waals surface area contributed by atoms with Gasteiger partial charge in [0.05, 0.1) is 23.0 Å². The summed E-state index contributed by atoms with van der Waals surface area (Å²) in [5.41, 5.74) is 5.83. The topological polar surface area (TPSA) is 30.3 Å². The maximum absolute atomic E-state index is 13.6. The van der Waals surface area contributed by atoms with Crippen LogP contribution in [0.2, 0.25) is 0 Å². The summed E-state index contributed by atoms with van der Waals surface area (Å²) in [7, 11) is 0. The van der Waals surface area contributed by atoms with Gasteiger partial charge in [-0.25, -0.2) is 4.39 Å². The smallest absolute Gasteiger partial charge is 0.123 e. The molecule has 0 aliphatic heterocycles. The first-order chi connectivity index (χ1) is 15.8. The van der Waals surface area contributed by atoms with Gasteiger partial charge >= 0.3 is 0 Å². The Kier molecular flexibility index (Phi) is 9.69. The molecule has 0 unspecified atom stereocenters. The van der Waals surface area contributed by atoms with Crippen molar-refractivity contribution in [1.82, 2.24) is 9.80 Å². The number of halogens is 1. The van der Waals surface area contributed by atoms with Crippen molar-refractivity contribution in [3.63, 3.8) is 0 Å². The Bertz CT molecular complexity index is 1050. The second-order valence-corrected chi connectivity index (χ2v) is 8.20. The molecule has 0 saturated heterocycles. The van der Waals surface area contributed by atoms with Gasteiger partial charge in [0.15, 0.2) is 0 Å². The fourth-order valence-electron chi connectivity index (χ4n) is 3.76. The summed E-state index contributed by atoms with van der Waals surface area (Å²) in [5.74, 6) is -0.275. The molecule has 0 saturated carbocycles. The number of rotatable bonds is 12. The summed E-state index contributed by atoms with van der Waals surface area (Å²) in [6.07, 6.45) is 4.00.